The zero-order chi connectivity index (χ0) is 13.2. The number of hydrogen-bond acceptors (Lipinski definition) is 4. The number of methoxy groups -OCH3 is 1. The quantitative estimate of drug-likeness (QED) is 0.667. The van der Waals surface area contributed by atoms with Crippen LogP contribution in [0.2, 0.25) is 0 Å². The first kappa shape index (κ1) is 14.5. The molecule has 1 rings (SSSR count). The largest absolute Gasteiger partial charge is 0.491 e. The summed E-state index contributed by atoms with van der Waals surface area (Å²) in [5.74, 6) is 0.766. The zero-order valence-electron chi connectivity index (χ0n) is 10.6. The molecule has 0 fully saturated rings. The summed E-state index contributed by atoms with van der Waals surface area (Å²) in [7, 11) is 1.64. The van der Waals surface area contributed by atoms with E-state index in [1.807, 2.05) is 24.3 Å². The van der Waals surface area contributed by atoms with Crippen LogP contribution in [0.1, 0.15) is 12.0 Å². The second-order valence-corrected chi connectivity index (χ2v) is 3.80. The molecular formula is C13H20N2O3. The van der Waals surface area contributed by atoms with Crippen LogP contribution < -0.4 is 15.8 Å². The topological polar surface area (TPSA) is 73.6 Å². The first-order valence-electron chi connectivity index (χ1n) is 5.93. The fraction of sp³-hybridized carbons (Fsp3) is 0.462. The van der Waals surface area contributed by atoms with Crippen molar-refractivity contribution in [3.8, 4) is 5.75 Å². The predicted octanol–water partition coefficient (Wildman–Crippen LogP) is 0.677. The van der Waals surface area contributed by atoms with Crippen LogP contribution in [0.15, 0.2) is 24.3 Å². The van der Waals surface area contributed by atoms with Crippen LogP contribution in [-0.4, -0.2) is 32.8 Å². The van der Waals surface area contributed by atoms with E-state index in [2.05, 4.69) is 5.32 Å². The highest BCUT2D eigenvalue weighted by Crippen LogP contribution is 2.11. The number of hydrogen-bond donors (Lipinski definition) is 2. The van der Waals surface area contributed by atoms with Crippen molar-refractivity contribution in [2.24, 2.45) is 5.73 Å². The van der Waals surface area contributed by atoms with Gasteiger partial charge in [-0.25, -0.2) is 0 Å². The number of nitrogens with two attached hydrogens (primary N) is 1. The molecule has 0 atom stereocenters. The van der Waals surface area contributed by atoms with Gasteiger partial charge >= 0.3 is 0 Å². The summed E-state index contributed by atoms with van der Waals surface area (Å²) in [4.78, 5) is 11.2. The standard InChI is InChI=1S/C13H20N2O3/c1-17-8-9-18-12-4-2-11(3-5-12)10-15-13(16)6-7-14/h2-5H,6-10,14H2,1H3,(H,15,16). The van der Waals surface area contributed by atoms with Gasteiger partial charge in [0.05, 0.1) is 6.61 Å². The van der Waals surface area contributed by atoms with E-state index in [1.165, 1.54) is 0 Å². The number of ether oxygens (including phenoxy) is 2. The Balaban J connectivity index is 2.33. The van der Waals surface area contributed by atoms with Gasteiger partial charge in [-0.15, -0.1) is 0 Å². The first-order valence-corrected chi connectivity index (χ1v) is 5.93. The average Bonchev–Trinajstić information content (AvgIpc) is 2.38. The van der Waals surface area contributed by atoms with Gasteiger partial charge in [-0.1, -0.05) is 12.1 Å². The molecular weight excluding hydrogens is 232 g/mol. The lowest BCUT2D eigenvalue weighted by Crippen LogP contribution is -2.24. The van der Waals surface area contributed by atoms with Crippen LogP contribution in [0.4, 0.5) is 0 Å². The summed E-state index contributed by atoms with van der Waals surface area (Å²) in [6.07, 6.45) is 0.359. The second-order valence-electron chi connectivity index (χ2n) is 3.80. The van der Waals surface area contributed by atoms with Crippen molar-refractivity contribution < 1.29 is 14.3 Å². The van der Waals surface area contributed by atoms with Gasteiger partial charge in [0.1, 0.15) is 12.4 Å². The van der Waals surface area contributed by atoms with Crippen LogP contribution in [0.25, 0.3) is 0 Å². The van der Waals surface area contributed by atoms with Gasteiger partial charge in [0, 0.05) is 26.6 Å². The molecule has 0 aliphatic rings. The van der Waals surface area contributed by atoms with Gasteiger partial charge in [0.25, 0.3) is 0 Å². The monoisotopic (exact) mass is 252 g/mol. The maximum atomic E-state index is 11.2. The molecule has 0 radical (unpaired) electrons. The van der Waals surface area contributed by atoms with Crippen molar-refractivity contribution in [2.75, 3.05) is 26.9 Å². The number of amides is 1. The van der Waals surface area contributed by atoms with Gasteiger partial charge in [0.2, 0.25) is 5.91 Å². The third kappa shape index (κ3) is 5.65. The molecule has 1 aromatic rings. The summed E-state index contributed by atoms with van der Waals surface area (Å²) < 4.78 is 10.3. The van der Waals surface area contributed by atoms with Crippen molar-refractivity contribution in [3.05, 3.63) is 29.8 Å². The van der Waals surface area contributed by atoms with E-state index in [9.17, 15) is 4.79 Å². The Morgan fingerprint density at radius 2 is 2.00 bits per heavy atom. The maximum absolute atomic E-state index is 11.2. The molecule has 1 amide bonds. The molecule has 0 unspecified atom stereocenters. The van der Waals surface area contributed by atoms with Crippen molar-refractivity contribution in [1.82, 2.24) is 5.32 Å². The summed E-state index contributed by atoms with van der Waals surface area (Å²) in [6, 6.07) is 7.59. The lowest BCUT2D eigenvalue weighted by atomic mass is 10.2. The normalized spacial score (nSPS) is 10.1. The Hall–Kier alpha value is -1.59. The summed E-state index contributed by atoms with van der Waals surface area (Å²) >= 11 is 0. The highest BCUT2D eigenvalue weighted by molar-refractivity contribution is 5.76. The molecule has 3 N–H and O–H groups in total. The Morgan fingerprint density at radius 1 is 1.28 bits per heavy atom. The number of benzene rings is 1. The van der Waals surface area contributed by atoms with E-state index >= 15 is 0 Å². The van der Waals surface area contributed by atoms with E-state index in [1.54, 1.807) is 7.11 Å². The molecule has 5 heteroatoms. The van der Waals surface area contributed by atoms with Crippen molar-refractivity contribution in [3.63, 3.8) is 0 Å². The number of nitrogens with one attached hydrogen (secondary N) is 1. The van der Waals surface area contributed by atoms with Crippen LogP contribution in [0, 0.1) is 0 Å². The Bertz CT molecular complexity index is 352. The third-order valence-corrected chi connectivity index (χ3v) is 2.34. The Morgan fingerprint density at radius 3 is 2.61 bits per heavy atom. The number of carbonyl (C=O) groups excluding carboxylic acids is 1. The van der Waals surface area contributed by atoms with E-state index in [4.69, 9.17) is 15.2 Å². The van der Waals surface area contributed by atoms with Gasteiger partial charge in [-0.05, 0) is 17.7 Å². The SMILES string of the molecule is COCCOc1ccc(CNC(=O)CCN)cc1. The van der Waals surface area contributed by atoms with Crippen molar-refractivity contribution in [1.29, 1.82) is 0 Å². The van der Waals surface area contributed by atoms with E-state index in [0.717, 1.165) is 11.3 Å². The number of carbonyl (C=O) groups is 1. The maximum Gasteiger partial charge on any atom is 0.221 e. The Kier molecular flexibility index (Phi) is 6.83. The molecule has 18 heavy (non-hydrogen) atoms. The summed E-state index contributed by atoms with van der Waals surface area (Å²) in [5, 5.41) is 2.79. The fourth-order valence-corrected chi connectivity index (χ4v) is 1.37. The smallest absolute Gasteiger partial charge is 0.221 e. The summed E-state index contributed by atoms with van der Waals surface area (Å²) in [6.45, 7) is 1.98. The average molecular weight is 252 g/mol. The zero-order valence-corrected chi connectivity index (χ0v) is 10.6. The molecule has 1 aromatic carbocycles. The van der Waals surface area contributed by atoms with Gasteiger partial charge < -0.3 is 20.5 Å². The minimum atomic E-state index is -0.0297. The third-order valence-electron chi connectivity index (χ3n) is 2.34. The van der Waals surface area contributed by atoms with Crippen LogP contribution in [0.3, 0.4) is 0 Å². The van der Waals surface area contributed by atoms with E-state index < -0.39 is 0 Å². The van der Waals surface area contributed by atoms with Crippen LogP contribution in [-0.2, 0) is 16.1 Å². The molecule has 0 heterocycles. The second kappa shape index (κ2) is 8.49. The molecule has 0 aromatic heterocycles. The van der Waals surface area contributed by atoms with E-state index in [0.29, 0.717) is 32.7 Å². The lowest BCUT2D eigenvalue weighted by Gasteiger charge is -2.07. The van der Waals surface area contributed by atoms with Crippen LogP contribution >= 0.6 is 0 Å². The summed E-state index contributed by atoms with van der Waals surface area (Å²) in [5.41, 5.74) is 6.32. The van der Waals surface area contributed by atoms with Crippen molar-refractivity contribution >= 4 is 5.91 Å². The van der Waals surface area contributed by atoms with Gasteiger partial charge in [0.15, 0.2) is 0 Å². The van der Waals surface area contributed by atoms with E-state index in [-0.39, 0.29) is 5.91 Å². The molecule has 0 aliphatic heterocycles. The Labute approximate surface area is 107 Å². The van der Waals surface area contributed by atoms with Crippen LogP contribution in [0.5, 0.6) is 5.75 Å². The minimum Gasteiger partial charge on any atom is -0.491 e. The molecule has 100 valence electrons. The molecule has 0 spiro atoms. The molecule has 0 aliphatic carbocycles. The number of rotatable bonds is 8. The first-order chi connectivity index (χ1) is 8.76. The molecule has 5 nitrogen and oxygen atoms in total. The van der Waals surface area contributed by atoms with Gasteiger partial charge in [-0.2, -0.15) is 0 Å². The van der Waals surface area contributed by atoms with Crippen molar-refractivity contribution in [2.45, 2.75) is 13.0 Å². The highest BCUT2D eigenvalue weighted by Gasteiger charge is 2.00. The fourth-order valence-electron chi connectivity index (χ4n) is 1.37. The lowest BCUT2D eigenvalue weighted by molar-refractivity contribution is -0.121. The van der Waals surface area contributed by atoms with Gasteiger partial charge in [-0.3, -0.25) is 4.79 Å². The minimum absolute atomic E-state index is 0.0297. The predicted molar refractivity (Wildman–Crippen MR) is 69.3 cm³/mol. The molecule has 0 bridgehead atoms. The molecule has 0 saturated carbocycles. The highest BCUT2D eigenvalue weighted by atomic mass is 16.5. The molecule has 0 saturated heterocycles.